The molecule has 0 saturated carbocycles. The maximum Gasteiger partial charge on any atom is 0.433 e. The lowest BCUT2D eigenvalue weighted by Crippen LogP contribution is -2.40. The molecule has 0 fully saturated rings. The number of anilines is 1. The fraction of sp³-hybridized carbons (Fsp3) is 0.421. The summed E-state index contributed by atoms with van der Waals surface area (Å²) in [5, 5.41) is 17.6. The fourth-order valence-corrected chi connectivity index (χ4v) is 3.34. The van der Waals surface area contributed by atoms with Crippen LogP contribution < -0.4 is 5.32 Å². The predicted octanol–water partition coefficient (Wildman–Crippen LogP) is 5.01. The van der Waals surface area contributed by atoms with Crippen molar-refractivity contribution in [3.05, 3.63) is 53.2 Å². The summed E-state index contributed by atoms with van der Waals surface area (Å²) in [6, 6.07) is 1.42. The molecule has 0 radical (unpaired) electrons. The summed E-state index contributed by atoms with van der Waals surface area (Å²) >= 11 is 0. The van der Waals surface area contributed by atoms with E-state index in [1.165, 1.54) is 0 Å². The van der Waals surface area contributed by atoms with Crippen LogP contribution in [0.5, 0.6) is 0 Å². The first kappa shape index (κ1) is 23.7. The zero-order valence-corrected chi connectivity index (χ0v) is 16.8. The van der Waals surface area contributed by atoms with Gasteiger partial charge >= 0.3 is 12.4 Å². The van der Waals surface area contributed by atoms with E-state index in [-0.39, 0.29) is 24.2 Å². The molecule has 0 spiro atoms. The molecular formula is C19H18F7N5O. The van der Waals surface area contributed by atoms with E-state index < -0.39 is 46.8 Å². The first-order valence-corrected chi connectivity index (χ1v) is 9.43. The second kappa shape index (κ2) is 8.19. The minimum Gasteiger partial charge on any atom is -0.387 e. The predicted molar refractivity (Wildman–Crippen MR) is 99.1 cm³/mol. The largest absolute Gasteiger partial charge is 0.433 e. The minimum absolute atomic E-state index is 0.0571. The number of hydrogen-bond acceptors (Lipinski definition) is 5. The Morgan fingerprint density at radius 3 is 2.22 bits per heavy atom. The van der Waals surface area contributed by atoms with Gasteiger partial charge in [0.25, 0.3) is 5.78 Å². The number of aromatic nitrogens is 4. The number of rotatable bonds is 6. The highest BCUT2D eigenvalue weighted by molar-refractivity contribution is 5.48. The van der Waals surface area contributed by atoms with Crippen LogP contribution in [0.1, 0.15) is 49.6 Å². The maximum absolute atomic E-state index is 14.2. The Labute approximate surface area is 177 Å². The van der Waals surface area contributed by atoms with E-state index in [0.29, 0.717) is 18.2 Å². The van der Waals surface area contributed by atoms with Gasteiger partial charge < -0.3 is 10.4 Å². The third-order valence-corrected chi connectivity index (χ3v) is 5.23. The molecular weight excluding hydrogens is 447 g/mol. The van der Waals surface area contributed by atoms with E-state index in [1.54, 1.807) is 13.8 Å². The van der Waals surface area contributed by atoms with Gasteiger partial charge in [0.15, 0.2) is 5.69 Å². The molecule has 1 atom stereocenters. The topological polar surface area (TPSA) is 75.3 Å². The molecule has 0 saturated heterocycles. The molecule has 3 rings (SSSR count). The maximum atomic E-state index is 14.2. The lowest BCUT2D eigenvalue weighted by molar-refractivity contribution is -0.141. The lowest BCUT2D eigenvalue weighted by Gasteiger charge is -2.36. The number of aliphatic hydroxyl groups is 1. The summed E-state index contributed by atoms with van der Waals surface area (Å²) in [6.07, 6.45) is -8.68. The molecule has 0 aliphatic heterocycles. The minimum atomic E-state index is -4.93. The smallest absolute Gasteiger partial charge is 0.387 e. The zero-order valence-electron chi connectivity index (χ0n) is 16.8. The Balaban J connectivity index is 2.16. The number of nitrogens with zero attached hydrogens (tertiary/aromatic N) is 4. The molecule has 0 amide bonds. The Morgan fingerprint density at radius 1 is 1.03 bits per heavy atom. The van der Waals surface area contributed by atoms with Gasteiger partial charge in [-0.2, -0.15) is 40.9 Å². The summed E-state index contributed by atoms with van der Waals surface area (Å²) < 4.78 is 93.9. The summed E-state index contributed by atoms with van der Waals surface area (Å²) in [4.78, 5) is 7.02. The SMILES string of the molecule is CCC(O)(CC)[C@@H](Nc1cc(C(F)(F)F)nc2ncnn12)c1ccc(C(F)(F)F)c(F)c1. The second-order valence-corrected chi connectivity index (χ2v) is 7.12. The highest BCUT2D eigenvalue weighted by Gasteiger charge is 2.39. The van der Waals surface area contributed by atoms with Crippen molar-refractivity contribution < 1.29 is 35.8 Å². The lowest BCUT2D eigenvalue weighted by atomic mass is 9.83. The Kier molecular flexibility index (Phi) is 6.06. The molecule has 13 heteroatoms. The molecule has 0 unspecified atom stereocenters. The van der Waals surface area contributed by atoms with Crippen molar-refractivity contribution in [3.63, 3.8) is 0 Å². The van der Waals surface area contributed by atoms with Crippen LogP contribution >= 0.6 is 0 Å². The molecule has 174 valence electrons. The van der Waals surface area contributed by atoms with Crippen LogP contribution in [-0.2, 0) is 12.4 Å². The van der Waals surface area contributed by atoms with Gasteiger partial charge in [-0.15, -0.1) is 0 Å². The summed E-state index contributed by atoms with van der Waals surface area (Å²) in [6.45, 7) is 3.16. The van der Waals surface area contributed by atoms with E-state index in [2.05, 4.69) is 20.4 Å². The van der Waals surface area contributed by atoms with Crippen LogP contribution in [0.25, 0.3) is 5.78 Å². The third-order valence-electron chi connectivity index (χ3n) is 5.23. The standard InChI is InChI=1S/C19H18F7N5O/c1-3-17(32,4-2)15(10-5-6-11(12(20)7-10)18(21,22)23)30-14-8-13(19(24,25)26)29-16-27-9-28-31(14)16/h5-9,15,30,32H,3-4H2,1-2H3/t15-/m0/s1. The highest BCUT2D eigenvalue weighted by atomic mass is 19.4. The molecule has 1 aromatic carbocycles. The normalized spacial score (nSPS) is 14.1. The van der Waals surface area contributed by atoms with Gasteiger partial charge in [-0.25, -0.2) is 9.37 Å². The van der Waals surface area contributed by atoms with Crippen LogP contribution in [0.3, 0.4) is 0 Å². The summed E-state index contributed by atoms with van der Waals surface area (Å²) in [5.41, 5.74) is -4.55. The van der Waals surface area contributed by atoms with E-state index in [0.717, 1.165) is 16.9 Å². The van der Waals surface area contributed by atoms with Gasteiger partial charge in [0, 0.05) is 6.07 Å². The molecule has 3 aromatic rings. The number of nitrogens with one attached hydrogen (secondary N) is 1. The average Bonchev–Trinajstić information content (AvgIpc) is 3.18. The quantitative estimate of drug-likeness (QED) is 0.501. The van der Waals surface area contributed by atoms with Crippen LogP contribution in [-0.4, -0.2) is 30.3 Å². The molecule has 0 bridgehead atoms. The summed E-state index contributed by atoms with van der Waals surface area (Å²) in [7, 11) is 0. The van der Waals surface area contributed by atoms with Gasteiger partial charge in [-0.3, -0.25) is 0 Å². The number of benzene rings is 1. The first-order valence-electron chi connectivity index (χ1n) is 9.43. The van der Waals surface area contributed by atoms with Crippen LogP contribution in [0, 0.1) is 5.82 Å². The van der Waals surface area contributed by atoms with Crippen molar-refractivity contribution in [3.8, 4) is 0 Å². The number of hydrogen-bond donors (Lipinski definition) is 2. The van der Waals surface area contributed by atoms with Gasteiger partial charge in [0.1, 0.15) is 18.0 Å². The number of halogens is 7. The Bertz CT molecular complexity index is 1110. The third kappa shape index (κ3) is 4.47. The van der Waals surface area contributed by atoms with Crippen LogP contribution in [0.4, 0.5) is 36.6 Å². The average molecular weight is 465 g/mol. The van der Waals surface area contributed by atoms with E-state index in [1.807, 2.05) is 0 Å². The highest BCUT2D eigenvalue weighted by Crippen LogP contribution is 2.39. The van der Waals surface area contributed by atoms with Gasteiger partial charge in [-0.05, 0) is 30.5 Å². The van der Waals surface area contributed by atoms with E-state index in [4.69, 9.17) is 0 Å². The van der Waals surface area contributed by atoms with Crippen LogP contribution in [0.15, 0.2) is 30.6 Å². The van der Waals surface area contributed by atoms with Crippen molar-refractivity contribution in [2.75, 3.05) is 5.32 Å². The van der Waals surface area contributed by atoms with Gasteiger partial charge in [0.05, 0.1) is 17.2 Å². The monoisotopic (exact) mass is 465 g/mol. The molecule has 0 aliphatic carbocycles. The second-order valence-electron chi connectivity index (χ2n) is 7.12. The zero-order chi connectivity index (χ0) is 23.9. The fourth-order valence-electron chi connectivity index (χ4n) is 3.34. The van der Waals surface area contributed by atoms with Crippen molar-refractivity contribution in [1.82, 2.24) is 19.6 Å². The molecule has 32 heavy (non-hydrogen) atoms. The van der Waals surface area contributed by atoms with Crippen LogP contribution in [0.2, 0.25) is 0 Å². The molecule has 2 N–H and O–H groups in total. The van der Waals surface area contributed by atoms with E-state index >= 15 is 0 Å². The van der Waals surface area contributed by atoms with Crippen molar-refractivity contribution in [1.29, 1.82) is 0 Å². The molecule has 2 heterocycles. The first-order chi connectivity index (χ1) is 14.8. The number of alkyl halides is 6. The van der Waals surface area contributed by atoms with Crippen molar-refractivity contribution in [2.24, 2.45) is 0 Å². The molecule has 2 aromatic heterocycles. The Hall–Kier alpha value is -2.96. The van der Waals surface area contributed by atoms with E-state index in [9.17, 15) is 35.8 Å². The molecule has 6 nitrogen and oxygen atoms in total. The van der Waals surface area contributed by atoms with Gasteiger partial charge in [-0.1, -0.05) is 19.9 Å². The number of fused-ring (bicyclic) bond motifs is 1. The Morgan fingerprint density at radius 2 is 1.69 bits per heavy atom. The van der Waals surface area contributed by atoms with Crippen molar-refractivity contribution in [2.45, 2.75) is 50.7 Å². The van der Waals surface area contributed by atoms with Crippen molar-refractivity contribution >= 4 is 11.6 Å². The molecule has 0 aliphatic rings. The van der Waals surface area contributed by atoms with Gasteiger partial charge in [0.2, 0.25) is 0 Å². The summed E-state index contributed by atoms with van der Waals surface area (Å²) in [5.74, 6) is -2.25.